The van der Waals surface area contributed by atoms with Crippen molar-refractivity contribution in [3.05, 3.63) is 24.2 Å². The summed E-state index contributed by atoms with van der Waals surface area (Å²) in [5.74, 6) is 1.09. The van der Waals surface area contributed by atoms with Gasteiger partial charge in [-0.05, 0) is 26.0 Å². The van der Waals surface area contributed by atoms with Gasteiger partial charge in [0.1, 0.15) is 11.3 Å². The number of rotatable bonds is 3. The number of nitrogens with zero attached hydrogens (tertiary/aromatic N) is 3. The Morgan fingerprint density at radius 1 is 1.53 bits per heavy atom. The van der Waals surface area contributed by atoms with Gasteiger partial charge in [0, 0.05) is 31.2 Å². The van der Waals surface area contributed by atoms with Crippen LogP contribution >= 0.6 is 0 Å². The second kappa shape index (κ2) is 5.27. The van der Waals surface area contributed by atoms with Crippen molar-refractivity contribution in [2.45, 2.75) is 32.4 Å². The maximum atomic E-state index is 5.51. The Hall–Kier alpha value is -1.46. The predicted molar refractivity (Wildman–Crippen MR) is 74.2 cm³/mol. The minimum absolute atomic E-state index is 0.350. The van der Waals surface area contributed by atoms with Gasteiger partial charge in [-0.25, -0.2) is 9.97 Å². The number of fused-ring (bicyclic) bond motifs is 1. The number of imidazole rings is 1. The van der Waals surface area contributed by atoms with Gasteiger partial charge < -0.3 is 14.6 Å². The van der Waals surface area contributed by atoms with E-state index >= 15 is 0 Å². The van der Waals surface area contributed by atoms with Crippen LogP contribution in [-0.2, 0) is 11.2 Å². The molecule has 1 aliphatic heterocycles. The Morgan fingerprint density at radius 2 is 2.42 bits per heavy atom. The van der Waals surface area contributed by atoms with Crippen LogP contribution in [0, 0.1) is 0 Å². The third-order valence-corrected chi connectivity index (χ3v) is 3.47. The van der Waals surface area contributed by atoms with Crippen molar-refractivity contribution in [1.82, 2.24) is 19.9 Å². The van der Waals surface area contributed by atoms with Crippen LogP contribution in [0.5, 0.6) is 0 Å². The van der Waals surface area contributed by atoms with Crippen molar-refractivity contribution in [3.8, 4) is 0 Å². The fourth-order valence-electron chi connectivity index (χ4n) is 2.63. The van der Waals surface area contributed by atoms with Crippen molar-refractivity contribution in [1.29, 1.82) is 0 Å². The summed E-state index contributed by atoms with van der Waals surface area (Å²) in [6.07, 6.45) is 2.71. The smallest absolute Gasteiger partial charge is 0.160 e. The zero-order valence-corrected chi connectivity index (χ0v) is 11.5. The van der Waals surface area contributed by atoms with Crippen molar-refractivity contribution in [2.24, 2.45) is 0 Å². The highest BCUT2D eigenvalue weighted by Gasteiger charge is 2.20. The fraction of sp³-hybridized carbons (Fsp3) is 0.571. The van der Waals surface area contributed by atoms with E-state index in [2.05, 4.69) is 28.7 Å². The zero-order chi connectivity index (χ0) is 13.2. The average Bonchev–Trinajstić information content (AvgIpc) is 2.77. The van der Waals surface area contributed by atoms with E-state index in [1.165, 1.54) is 0 Å². The van der Waals surface area contributed by atoms with Gasteiger partial charge in [-0.3, -0.25) is 0 Å². The number of aromatic nitrogens is 3. The predicted octanol–water partition coefficient (Wildman–Crippen LogP) is 1.54. The molecule has 0 saturated carbocycles. The molecule has 3 heterocycles. The molecule has 19 heavy (non-hydrogen) atoms. The van der Waals surface area contributed by atoms with Gasteiger partial charge >= 0.3 is 0 Å². The molecule has 0 radical (unpaired) electrons. The van der Waals surface area contributed by atoms with Crippen molar-refractivity contribution in [2.75, 3.05) is 19.8 Å². The maximum Gasteiger partial charge on any atom is 0.160 e. The molecule has 1 fully saturated rings. The highest BCUT2D eigenvalue weighted by molar-refractivity contribution is 5.71. The molecule has 1 aliphatic rings. The number of nitrogens with one attached hydrogen (secondary N) is 1. The van der Waals surface area contributed by atoms with E-state index in [-0.39, 0.29) is 0 Å². The van der Waals surface area contributed by atoms with E-state index in [4.69, 9.17) is 9.72 Å². The molecule has 0 spiro atoms. The van der Waals surface area contributed by atoms with E-state index in [0.717, 1.165) is 43.2 Å². The number of hydrogen-bond acceptors (Lipinski definition) is 4. The summed E-state index contributed by atoms with van der Waals surface area (Å²) in [6, 6.07) is 4.67. The monoisotopic (exact) mass is 260 g/mol. The molecule has 0 bridgehead atoms. The number of hydrogen-bond donors (Lipinski definition) is 1. The standard InChI is InChI=1S/C14H20N4O/c1-10(2)18-13(8-11-9-19-7-6-15-11)17-12-4-3-5-16-14(12)18/h3-5,10-11,15H,6-9H2,1-2H3. The Kier molecular flexibility index (Phi) is 3.48. The quantitative estimate of drug-likeness (QED) is 0.909. The van der Waals surface area contributed by atoms with Crippen LogP contribution in [0.3, 0.4) is 0 Å². The van der Waals surface area contributed by atoms with Crippen LogP contribution in [-0.4, -0.2) is 40.3 Å². The normalized spacial score (nSPS) is 20.3. The molecule has 1 saturated heterocycles. The van der Waals surface area contributed by atoms with Crippen LogP contribution in [0.25, 0.3) is 11.2 Å². The van der Waals surface area contributed by atoms with E-state index in [9.17, 15) is 0 Å². The molecule has 1 atom stereocenters. The number of pyridine rings is 1. The first-order valence-corrected chi connectivity index (χ1v) is 6.88. The molecule has 5 heteroatoms. The van der Waals surface area contributed by atoms with E-state index in [0.29, 0.717) is 12.1 Å². The summed E-state index contributed by atoms with van der Waals surface area (Å²) >= 11 is 0. The van der Waals surface area contributed by atoms with Crippen LogP contribution in [0.1, 0.15) is 25.7 Å². The van der Waals surface area contributed by atoms with Crippen LogP contribution in [0.2, 0.25) is 0 Å². The largest absolute Gasteiger partial charge is 0.379 e. The SMILES string of the molecule is CC(C)n1c(CC2COCCN2)nc2cccnc21. The number of morpholine rings is 1. The van der Waals surface area contributed by atoms with E-state index in [1.54, 1.807) is 0 Å². The second-order valence-electron chi connectivity index (χ2n) is 5.27. The molecule has 1 unspecified atom stereocenters. The van der Waals surface area contributed by atoms with E-state index in [1.807, 2.05) is 18.3 Å². The summed E-state index contributed by atoms with van der Waals surface area (Å²) in [5, 5.41) is 3.48. The van der Waals surface area contributed by atoms with Gasteiger partial charge in [0.15, 0.2) is 5.65 Å². The molecule has 2 aromatic heterocycles. The molecule has 102 valence electrons. The molecule has 0 aliphatic carbocycles. The topological polar surface area (TPSA) is 52.0 Å². The Balaban J connectivity index is 1.95. The van der Waals surface area contributed by atoms with Gasteiger partial charge in [0.25, 0.3) is 0 Å². The van der Waals surface area contributed by atoms with Crippen molar-refractivity contribution in [3.63, 3.8) is 0 Å². The highest BCUT2D eigenvalue weighted by atomic mass is 16.5. The van der Waals surface area contributed by atoms with Gasteiger partial charge in [-0.15, -0.1) is 0 Å². The molecule has 5 nitrogen and oxygen atoms in total. The van der Waals surface area contributed by atoms with Crippen molar-refractivity contribution < 1.29 is 4.74 Å². The lowest BCUT2D eigenvalue weighted by molar-refractivity contribution is 0.0761. The lowest BCUT2D eigenvalue weighted by Crippen LogP contribution is -2.43. The summed E-state index contributed by atoms with van der Waals surface area (Å²) in [7, 11) is 0. The first kappa shape index (κ1) is 12.6. The van der Waals surface area contributed by atoms with Crippen LogP contribution in [0.15, 0.2) is 18.3 Å². The average molecular weight is 260 g/mol. The van der Waals surface area contributed by atoms with Gasteiger partial charge in [0.05, 0.1) is 13.2 Å². The minimum atomic E-state index is 0.350. The molecular weight excluding hydrogens is 240 g/mol. The molecule has 1 N–H and O–H groups in total. The first-order chi connectivity index (χ1) is 9.25. The fourth-order valence-corrected chi connectivity index (χ4v) is 2.63. The molecule has 3 rings (SSSR count). The van der Waals surface area contributed by atoms with Gasteiger partial charge in [0.2, 0.25) is 0 Å². The van der Waals surface area contributed by atoms with Crippen LogP contribution in [0.4, 0.5) is 0 Å². The molecule has 0 aromatic carbocycles. The summed E-state index contributed by atoms with van der Waals surface area (Å²) in [6.45, 7) is 6.83. The van der Waals surface area contributed by atoms with Crippen molar-refractivity contribution >= 4 is 11.2 Å². The summed E-state index contributed by atoms with van der Waals surface area (Å²) in [5.41, 5.74) is 1.95. The Bertz CT molecular complexity index is 558. The third-order valence-electron chi connectivity index (χ3n) is 3.47. The van der Waals surface area contributed by atoms with Crippen LogP contribution < -0.4 is 5.32 Å². The minimum Gasteiger partial charge on any atom is -0.379 e. The summed E-state index contributed by atoms with van der Waals surface area (Å²) < 4.78 is 7.74. The van der Waals surface area contributed by atoms with Gasteiger partial charge in [-0.1, -0.05) is 0 Å². The third kappa shape index (κ3) is 2.48. The Labute approximate surface area is 113 Å². The van der Waals surface area contributed by atoms with E-state index < -0.39 is 0 Å². The molecule has 0 amide bonds. The number of ether oxygens (including phenoxy) is 1. The second-order valence-corrected chi connectivity index (χ2v) is 5.27. The Morgan fingerprint density at radius 3 is 3.16 bits per heavy atom. The highest BCUT2D eigenvalue weighted by Crippen LogP contribution is 2.20. The lowest BCUT2D eigenvalue weighted by atomic mass is 10.2. The lowest BCUT2D eigenvalue weighted by Gasteiger charge is -2.24. The molecule has 2 aromatic rings. The molecular formula is C14H20N4O. The maximum absolute atomic E-state index is 5.51. The zero-order valence-electron chi connectivity index (χ0n) is 11.5. The summed E-state index contributed by atoms with van der Waals surface area (Å²) in [4.78, 5) is 9.20. The first-order valence-electron chi connectivity index (χ1n) is 6.88. The van der Waals surface area contributed by atoms with Gasteiger partial charge in [-0.2, -0.15) is 0 Å².